The van der Waals surface area contributed by atoms with E-state index < -0.39 is 23.9 Å². The number of ether oxygens (including phenoxy) is 7. The molecule has 0 atom stereocenters. The fourth-order valence-corrected chi connectivity index (χ4v) is 2.08. The van der Waals surface area contributed by atoms with Crippen LogP contribution in [0.3, 0.4) is 0 Å². The fraction of sp³-hybridized carbons (Fsp3) is 0.619. The van der Waals surface area contributed by atoms with Gasteiger partial charge >= 0.3 is 12.1 Å². The first-order valence-electron chi connectivity index (χ1n) is 10.6. The number of carbonyl (C=O) groups is 2. The Morgan fingerprint density at radius 1 is 0.706 bits per heavy atom. The SMILES string of the molecule is C=C(C)C(=O)OCCOCCOCCOCCOCCOCCOC(=O)On1c(O)ccc1O. The topological polar surface area (TPSA) is 153 Å². The van der Waals surface area contributed by atoms with Crippen LogP contribution in [0.15, 0.2) is 24.3 Å². The van der Waals surface area contributed by atoms with E-state index in [0.29, 0.717) is 69.8 Å². The van der Waals surface area contributed by atoms with Gasteiger partial charge in [-0.2, -0.15) is 0 Å². The summed E-state index contributed by atoms with van der Waals surface area (Å²) in [6.45, 7) is 8.66. The zero-order chi connectivity index (χ0) is 25.0. The second kappa shape index (κ2) is 18.6. The van der Waals surface area contributed by atoms with Crippen LogP contribution in [-0.4, -0.2) is 106 Å². The van der Waals surface area contributed by atoms with Crippen molar-refractivity contribution in [2.75, 3.05) is 79.3 Å². The molecule has 0 bridgehead atoms. The molecule has 0 aliphatic carbocycles. The fourth-order valence-electron chi connectivity index (χ4n) is 2.08. The van der Waals surface area contributed by atoms with E-state index in [1.54, 1.807) is 6.92 Å². The van der Waals surface area contributed by atoms with Gasteiger partial charge in [0.15, 0.2) is 0 Å². The van der Waals surface area contributed by atoms with Crippen molar-refractivity contribution in [3.05, 3.63) is 24.3 Å². The molecule has 13 nitrogen and oxygen atoms in total. The van der Waals surface area contributed by atoms with Crippen LogP contribution >= 0.6 is 0 Å². The largest absolute Gasteiger partial charge is 0.534 e. The molecule has 13 heteroatoms. The number of nitrogens with zero attached hydrogens (tertiary/aromatic N) is 1. The van der Waals surface area contributed by atoms with Crippen LogP contribution in [0.5, 0.6) is 11.8 Å². The van der Waals surface area contributed by atoms with Gasteiger partial charge in [0, 0.05) is 17.7 Å². The summed E-state index contributed by atoms with van der Waals surface area (Å²) in [5, 5.41) is 18.7. The predicted molar refractivity (Wildman–Crippen MR) is 116 cm³/mol. The second-order valence-electron chi connectivity index (χ2n) is 6.51. The lowest BCUT2D eigenvalue weighted by Gasteiger charge is -2.09. The smallest absolute Gasteiger partial charge is 0.492 e. The molecule has 1 rings (SSSR count). The molecule has 0 aliphatic heterocycles. The van der Waals surface area contributed by atoms with Gasteiger partial charge in [-0.3, -0.25) is 4.84 Å². The number of esters is 1. The normalized spacial score (nSPS) is 10.7. The van der Waals surface area contributed by atoms with Gasteiger partial charge in [-0.05, 0) is 6.92 Å². The monoisotopic (exact) mass is 491 g/mol. The van der Waals surface area contributed by atoms with Crippen molar-refractivity contribution >= 4 is 12.1 Å². The Kier molecular flexibility index (Phi) is 15.9. The van der Waals surface area contributed by atoms with Crippen molar-refractivity contribution in [1.82, 2.24) is 4.73 Å². The Hall–Kier alpha value is -2.84. The van der Waals surface area contributed by atoms with Gasteiger partial charge in [0.2, 0.25) is 11.8 Å². The van der Waals surface area contributed by atoms with Crippen molar-refractivity contribution in [3.8, 4) is 11.8 Å². The number of hydrogen-bond acceptors (Lipinski definition) is 12. The van der Waals surface area contributed by atoms with Crippen molar-refractivity contribution in [3.63, 3.8) is 0 Å². The first kappa shape index (κ1) is 29.2. The molecule has 1 aromatic heterocycles. The highest BCUT2D eigenvalue weighted by Crippen LogP contribution is 2.18. The zero-order valence-corrected chi connectivity index (χ0v) is 19.3. The molecule has 1 heterocycles. The van der Waals surface area contributed by atoms with E-state index in [1.807, 2.05) is 0 Å². The number of hydrogen-bond donors (Lipinski definition) is 2. The molecule has 0 amide bonds. The van der Waals surface area contributed by atoms with Gasteiger partial charge in [-0.25, -0.2) is 9.59 Å². The third-order valence-electron chi connectivity index (χ3n) is 3.71. The molecule has 1 aromatic rings. The van der Waals surface area contributed by atoms with Gasteiger partial charge in [0.1, 0.15) is 13.2 Å². The second-order valence-corrected chi connectivity index (χ2v) is 6.51. The number of carbonyl (C=O) groups excluding carboxylic acids is 2. The first-order chi connectivity index (χ1) is 16.4. The van der Waals surface area contributed by atoms with Crippen LogP contribution in [0.2, 0.25) is 0 Å². The molecule has 0 aromatic carbocycles. The highest BCUT2D eigenvalue weighted by Gasteiger charge is 2.12. The van der Waals surface area contributed by atoms with E-state index in [1.165, 1.54) is 0 Å². The summed E-state index contributed by atoms with van der Waals surface area (Å²) in [7, 11) is 0. The Morgan fingerprint density at radius 3 is 1.44 bits per heavy atom. The van der Waals surface area contributed by atoms with E-state index in [9.17, 15) is 19.8 Å². The maximum Gasteiger partial charge on any atom is 0.534 e. The minimum atomic E-state index is -1.10. The Morgan fingerprint density at radius 2 is 1.06 bits per heavy atom. The lowest BCUT2D eigenvalue weighted by atomic mass is 10.4. The standard InChI is InChI=1S/C21H33NO12/c1-17(2)20(25)32-15-13-30-11-9-28-7-5-27-6-8-29-10-12-31-14-16-33-21(26)34-22-18(23)3-4-19(22)24/h3-4,23-24H,1,5-16H2,2H3. The molecule has 194 valence electrons. The Bertz CT molecular complexity index is 701. The Balaban J connectivity index is 1.77. The molecule has 0 saturated carbocycles. The Labute approximate surface area is 197 Å². The van der Waals surface area contributed by atoms with E-state index in [2.05, 4.69) is 11.4 Å². The molecule has 0 unspecified atom stereocenters. The molecular weight excluding hydrogens is 458 g/mol. The summed E-state index contributed by atoms with van der Waals surface area (Å²) in [5.74, 6) is -1.32. The summed E-state index contributed by atoms with van der Waals surface area (Å²) in [5.41, 5.74) is 0.352. The van der Waals surface area contributed by atoms with E-state index in [4.69, 9.17) is 33.2 Å². The van der Waals surface area contributed by atoms with Crippen LogP contribution in [0.4, 0.5) is 4.79 Å². The number of aromatic hydroxyl groups is 2. The summed E-state index contributed by atoms with van der Waals surface area (Å²) >= 11 is 0. The molecule has 0 fully saturated rings. The van der Waals surface area contributed by atoms with E-state index >= 15 is 0 Å². The van der Waals surface area contributed by atoms with E-state index in [0.717, 1.165) is 12.1 Å². The minimum absolute atomic E-state index is 0.0712. The summed E-state index contributed by atoms with van der Waals surface area (Å²) < 4.78 is 36.6. The van der Waals surface area contributed by atoms with Gasteiger partial charge < -0.3 is 43.4 Å². The molecule has 0 aliphatic rings. The number of rotatable bonds is 20. The molecular formula is C21H33NO12. The third-order valence-corrected chi connectivity index (χ3v) is 3.71. The van der Waals surface area contributed by atoms with Gasteiger partial charge in [-0.15, -0.1) is 4.73 Å². The maximum atomic E-state index is 11.4. The van der Waals surface area contributed by atoms with Crippen LogP contribution in [0.25, 0.3) is 0 Å². The maximum absolute atomic E-state index is 11.4. The molecule has 2 N–H and O–H groups in total. The lowest BCUT2D eigenvalue weighted by Crippen LogP contribution is -2.22. The van der Waals surface area contributed by atoms with Gasteiger partial charge in [-0.1, -0.05) is 6.58 Å². The highest BCUT2D eigenvalue weighted by molar-refractivity contribution is 5.86. The van der Waals surface area contributed by atoms with E-state index in [-0.39, 0.29) is 19.8 Å². The lowest BCUT2D eigenvalue weighted by molar-refractivity contribution is -0.140. The summed E-state index contributed by atoms with van der Waals surface area (Å²) in [4.78, 5) is 27.1. The summed E-state index contributed by atoms with van der Waals surface area (Å²) in [6, 6.07) is 2.30. The van der Waals surface area contributed by atoms with Crippen LogP contribution in [-0.2, 0) is 38.0 Å². The average molecular weight is 491 g/mol. The van der Waals surface area contributed by atoms with Crippen LogP contribution in [0.1, 0.15) is 6.92 Å². The van der Waals surface area contributed by atoms with Crippen LogP contribution < -0.4 is 4.84 Å². The summed E-state index contributed by atoms with van der Waals surface area (Å²) in [6.07, 6.45) is -1.10. The predicted octanol–water partition coefficient (Wildman–Crippen LogP) is 0.667. The third kappa shape index (κ3) is 14.3. The first-order valence-corrected chi connectivity index (χ1v) is 10.6. The van der Waals surface area contributed by atoms with Crippen molar-refractivity contribution < 1.29 is 57.8 Å². The van der Waals surface area contributed by atoms with Crippen LogP contribution in [0, 0.1) is 0 Å². The number of aromatic nitrogens is 1. The van der Waals surface area contributed by atoms with Crippen molar-refractivity contribution in [2.24, 2.45) is 0 Å². The molecule has 0 radical (unpaired) electrons. The average Bonchev–Trinajstić information content (AvgIpc) is 3.12. The molecule has 0 saturated heterocycles. The minimum Gasteiger partial charge on any atom is -0.492 e. The van der Waals surface area contributed by atoms with Gasteiger partial charge in [0.25, 0.3) is 0 Å². The highest BCUT2D eigenvalue weighted by atomic mass is 16.8. The van der Waals surface area contributed by atoms with Crippen molar-refractivity contribution in [2.45, 2.75) is 6.92 Å². The van der Waals surface area contributed by atoms with Gasteiger partial charge in [0.05, 0.1) is 66.1 Å². The van der Waals surface area contributed by atoms with Crippen molar-refractivity contribution in [1.29, 1.82) is 0 Å². The molecule has 0 spiro atoms. The quantitative estimate of drug-likeness (QED) is 0.150. The zero-order valence-electron chi connectivity index (χ0n) is 19.3. The molecule has 34 heavy (non-hydrogen) atoms.